The molecule has 0 amide bonds. The summed E-state index contributed by atoms with van der Waals surface area (Å²) in [4.78, 5) is 4.18. The zero-order valence-corrected chi connectivity index (χ0v) is 13.3. The average molecular weight is 318 g/mol. The van der Waals surface area contributed by atoms with Crippen LogP contribution in [-0.4, -0.2) is 26.0 Å². The molecule has 1 aliphatic carbocycles. The highest BCUT2D eigenvalue weighted by Gasteiger charge is 2.27. The predicted octanol–water partition coefficient (Wildman–Crippen LogP) is 2.63. The molecule has 1 aromatic heterocycles. The minimum Gasteiger partial charge on any atom is -0.369 e. The molecule has 1 heterocycles. The summed E-state index contributed by atoms with van der Waals surface area (Å²) in [6, 6.07) is 1.45. The molecule has 1 aromatic rings. The fourth-order valence-electron chi connectivity index (χ4n) is 2.47. The van der Waals surface area contributed by atoms with Crippen molar-refractivity contribution in [1.29, 1.82) is 0 Å². The first-order valence-electron chi connectivity index (χ1n) is 6.84. The molecule has 1 saturated carbocycles. The minimum atomic E-state index is -3.55. The number of sulfonamides is 1. The fraction of sp³-hybridized carbons (Fsp3) is 0.615. The number of rotatable bonds is 5. The van der Waals surface area contributed by atoms with Crippen LogP contribution in [0.15, 0.2) is 17.2 Å². The summed E-state index contributed by atoms with van der Waals surface area (Å²) in [7, 11) is -3.55. The van der Waals surface area contributed by atoms with E-state index in [9.17, 15) is 8.42 Å². The van der Waals surface area contributed by atoms with Gasteiger partial charge in [0.15, 0.2) is 0 Å². The van der Waals surface area contributed by atoms with Crippen LogP contribution in [0.3, 0.4) is 0 Å². The van der Waals surface area contributed by atoms with E-state index in [0.717, 1.165) is 19.3 Å². The van der Waals surface area contributed by atoms with Gasteiger partial charge in [0.2, 0.25) is 10.0 Å². The molecule has 7 heteroatoms. The Morgan fingerprint density at radius 2 is 2.20 bits per heavy atom. The fourth-order valence-corrected chi connectivity index (χ4v) is 4.02. The second-order valence-electron chi connectivity index (χ2n) is 5.27. The third-order valence-corrected chi connectivity index (χ3v) is 5.26. The molecule has 112 valence electrons. The van der Waals surface area contributed by atoms with Gasteiger partial charge in [0, 0.05) is 18.8 Å². The molecule has 2 rings (SSSR count). The van der Waals surface area contributed by atoms with Crippen LogP contribution in [0.2, 0.25) is 5.02 Å². The second-order valence-corrected chi connectivity index (χ2v) is 7.39. The van der Waals surface area contributed by atoms with Gasteiger partial charge in [-0.05, 0) is 38.2 Å². The van der Waals surface area contributed by atoms with Gasteiger partial charge >= 0.3 is 0 Å². The van der Waals surface area contributed by atoms with Gasteiger partial charge in [-0.25, -0.2) is 18.1 Å². The summed E-state index contributed by atoms with van der Waals surface area (Å²) < 4.78 is 27.3. The Morgan fingerprint density at radius 1 is 1.45 bits per heavy atom. The summed E-state index contributed by atoms with van der Waals surface area (Å²) in [6.07, 6.45) is 4.17. The molecule has 0 spiro atoms. The lowest BCUT2D eigenvalue weighted by Gasteiger charge is -2.13. The Hall–Kier alpha value is -0.850. The largest absolute Gasteiger partial charge is 0.369 e. The monoisotopic (exact) mass is 317 g/mol. The van der Waals surface area contributed by atoms with Gasteiger partial charge < -0.3 is 5.32 Å². The first-order chi connectivity index (χ1) is 9.42. The van der Waals surface area contributed by atoms with E-state index in [1.165, 1.54) is 12.3 Å². The van der Waals surface area contributed by atoms with Crippen LogP contribution < -0.4 is 10.0 Å². The molecule has 2 atom stereocenters. The summed E-state index contributed by atoms with van der Waals surface area (Å²) in [6.45, 7) is 4.74. The van der Waals surface area contributed by atoms with Crippen molar-refractivity contribution in [1.82, 2.24) is 9.71 Å². The van der Waals surface area contributed by atoms with E-state index in [1.54, 1.807) is 0 Å². The Kier molecular flexibility index (Phi) is 4.88. The lowest BCUT2D eigenvalue weighted by molar-refractivity contribution is 0.538. The molecule has 0 radical (unpaired) electrons. The van der Waals surface area contributed by atoms with E-state index in [-0.39, 0.29) is 10.9 Å². The topological polar surface area (TPSA) is 71.1 Å². The lowest BCUT2D eigenvalue weighted by atomic mass is 10.1. The van der Waals surface area contributed by atoms with Gasteiger partial charge in [0.25, 0.3) is 0 Å². The van der Waals surface area contributed by atoms with Gasteiger partial charge in [0.05, 0.1) is 5.02 Å². The van der Waals surface area contributed by atoms with Crippen LogP contribution in [0.5, 0.6) is 0 Å². The molecular weight excluding hydrogens is 298 g/mol. The molecule has 2 N–H and O–H groups in total. The SMILES string of the molecule is CCNc1ncc(S(=O)(=O)NC2CCC(C)C2)cc1Cl. The molecule has 0 saturated heterocycles. The van der Waals surface area contributed by atoms with Crippen LogP contribution in [-0.2, 0) is 10.0 Å². The quantitative estimate of drug-likeness (QED) is 0.875. The van der Waals surface area contributed by atoms with Crippen molar-refractivity contribution in [2.24, 2.45) is 5.92 Å². The highest BCUT2D eigenvalue weighted by atomic mass is 35.5. The molecule has 2 unspecified atom stereocenters. The number of hydrogen-bond acceptors (Lipinski definition) is 4. The van der Waals surface area contributed by atoms with Crippen molar-refractivity contribution in [3.63, 3.8) is 0 Å². The van der Waals surface area contributed by atoms with Gasteiger partial charge in [-0.2, -0.15) is 0 Å². The zero-order chi connectivity index (χ0) is 14.8. The zero-order valence-electron chi connectivity index (χ0n) is 11.7. The number of nitrogens with zero attached hydrogens (tertiary/aromatic N) is 1. The molecular formula is C13H20ClN3O2S. The molecule has 0 bridgehead atoms. The third kappa shape index (κ3) is 3.62. The second kappa shape index (κ2) is 6.28. The third-order valence-electron chi connectivity index (χ3n) is 3.49. The van der Waals surface area contributed by atoms with E-state index in [0.29, 0.717) is 23.3 Å². The van der Waals surface area contributed by atoms with Crippen molar-refractivity contribution in [3.05, 3.63) is 17.3 Å². The molecule has 5 nitrogen and oxygen atoms in total. The standard InChI is InChI=1S/C13H20ClN3O2S/c1-3-15-13-12(14)7-11(8-16-13)20(18,19)17-10-5-4-9(2)6-10/h7-10,17H,3-6H2,1-2H3,(H,15,16). The lowest BCUT2D eigenvalue weighted by Crippen LogP contribution is -2.33. The summed E-state index contributed by atoms with van der Waals surface area (Å²) >= 11 is 6.04. The first-order valence-corrected chi connectivity index (χ1v) is 8.70. The number of aromatic nitrogens is 1. The van der Waals surface area contributed by atoms with Crippen molar-refractivity contribution in [3.8, 4) is 0 Å². The maximum absolute atomic E-state index is 12.3. The number of halogens is 1. The Bertz CT molecular complexity index is 577. The van der Waals surface area contributed by atoms with Crippen LogP contribution in [0.1, 0.15) is 33.1 Å². The van der Waals surface area contributed by atoms with Crippen LogP contribution in [0, 0.1) is 5.92 Å². The van der Waals surface area contributed by atoms with Crippen LogP contribution in [0.4, 0.5) is 5.82 Å². The van der Waals surface area contributed by atoms with Crippen molar-refractivity contribution >= 4 is 27.4 Å². The highest BCUT2D eigenvalue weighted by molar-refractivity contribution is 7.89. The number of nitrogens with one attached hydrogen (secondary N) is 2. The van der Waals surface area contributed by atoms with Crippen molar-refractivity contribution in [2.75, 3.05) is 11.9 Å². The molecule has 1 fully saturated rings. The van der Waals surface area contributed by atoms with E-state index >= 15 is 0 Å². The number of anilines is 1. The maximum Gasteiger partial charge on any atom is 0.242 e. The first kappa shape index (κ1) is 15.5. The van der Waals surface area contributed by atoms with Gasteiger partial charge in [-0.15, -0.1) is 0 Å². The molecule has 1 aliphatic rings. The van der Waals surface area contributed by atoms with E-state index < -0.39 is 10.0 Å². The summed E-state index contributed by atoms with van der Waals surface area (Å²) in [5, 5.41) is 3.29. The molecule has 0 aromatic carbocycles. The Balaban J connectivity index is 2.15. The van der Waals surface area contributed by atoms with Crippen LogP contribution in [0.25, 0.3) is 0 Å². The van der Waals surface area contributed by atoms with E-state index in [2.05, 4.69) is 21.9 Å². The Morgan fingerprint density at radius 3 is 2.75 bits per heavy atom. The summed E-state index contributed by atoms with van der Waals surface area (Å²) in [5.74, 6) is 1.07. The highest BCUT2D eigenvalue weighted by Crippen LogP contribution is 2.27. The van der Waals surface area contributed by atoms with Gasteiger partial charge in [0.1, 0.15) is 10.7 Å². The molecule has 0 aliphatic heterocycles. The van der Waals surface area contributed by atoms with Crippen LogP contribution >= 0.6 is 11.6 Å². The number of hydrogen-bond donors (Lipinski definition) is 2. The van der Waals surface area contributed by atoms with E-state index in [4.69, 9.17) is 11.6 Å². The van der Waals surface area contributed by atoms with Gasteiger partial charge in [-0.3, -0.25) is 0 Å². The predicted molar refractivity (Wildman–Crippen MR) is 80.5 cm³/mol. The number of pyridine rings is 1. The maximum atomic E-state index is 12.3. The molecule has 20 heavy (non-hydrogen) atoms. The minimum absolute atomic E-state index is 0.0159. The van der Waals surface area contributed by atoms with Crippen molar-refractivity contribution < 1.29 is 8.42 Å². The Labute approximate surface area is 125 Å². The normalized spacial score (nSPS) is 22.9. The summed E-state index contributed by atoms with van der Waals surface area (Å²) in [5.41, 5.74) is 0. The average Bonchev–Trinajstić information content (AvgIpc) is 2.76. The smallest absolute Gasteiger partial charge is 0.242 e. The van der Waals surface area contributed by atoms with Crippen molar-refractivity contribution in [2.45, 2.75) is 44.0 Å². The van der Waals surface area contributed by atoms with E-state index in [1.807, 2.05) is 6.92 Å². The van der Waals surface area contributed by atoms with Gasteiger partial charge in [-0.1, -0.05) is 18.5 Å².